The van der Waals surface area contributed by atoms with E-state index in [2.05, 4.69) is 51.3 Å². The van der Waals surface area contributed by atoms with Crippen LogP contribution in [0.4, 0.5) is 0 Å². The third kappa shape index (κ3) is 3.02. The Bertz CT molecular complexity index is 566. The first-order chi connectivity index (χ1) is 8.74. The van der Waals surface area contributed by atoms with Crippen molar-refractivity contribution in [1.82, 2.24) is 5.43 Å². The molecular weight excluding hydrogens is 359 g/mol. The predicted molar refractivity (Wildman–Crippen MR) is 85.9 cm³/mol. The molecule has 18 heavy (non-hydrogen) atoms. The van der Waals surface area contributed by atoms with Gasteiger partial charge in [-0.1, -0.05) is 12.1 Å². The van der Waals surface area contributed by atoms with E-state index in [9.17, 15) is 0 Å². The van der Waals surface area contributed by atoms with Gasteiger partial charge in [-0.15, -0.1) is 11.3 Å². The molecule has 0 unspecified atom stereocenters. The Kier molecular flexibility index (Phi) is 4.60. The van der Waals surface area contributed by atoms with Gasteiger partial charge in [0.1, 0.15) is 9.47 Å². The molecule has 0 radical (unpaired) electrons. The largest absolute Gasteiger partial charge is 0.497 e. The number of hydrazone groups is 1. The molecule has 1 aromatic carbocycles. The van der Waals surface area contributed by atoms with E-state index in [-0.39, 0.29) is 0 Å². The lowest BCUT2D eigenvalue weighted by Gasteiger charge is -2.01. The standard InChI is InChI=1S/C13H13IN2OS/c1-15-16-13(14)12-7-6-11(18-12)9-4-3-5-10(8-9)17-2/h3-8,15H,1-2H3/b16-13+. The van der Waals surface area contributed by atoms with E-state index in [1.165, 1.54) is 10.4 Å². The fourth-order valence-electron chi connectivity index (χ4n) is 1.53. The number of nitrogens with one attached hydrogen (secondary N) is 1. The highest BCUT2D eigenvalue weighted by atomic mass is 127. The zero-order valence-electron chi connectivity index (χ0n) is 10.1. The monoisotopic (exact) mass is 372 g/mol. The molecule has 0 saturated carbocycles. The Morgan fingerprint density at radius 3 is 2.89 bits per heavy atom. The van der Waals surface area contributed by atoms with Gasteiger partial charge in [-0.25, -0.2) is 0 Å². The maximum absolute atomic E-state index is 5.24. The zero-order chi connectivity index (χ0) is 13.0. The van der Waals surface area contributed by atoms with Crippen molar-refractivity contribution in [3.8, 4) is 16.2 Å². The van der Waals surface area contributed by atoms with E-state index in [4.69, 9.17) is 4.74 Å². The lowest BCUT2D eigenvalue weighted by Crippen LogP contribution is -1.98. The first-order valence-electron chi connectivity index (χ1n) is 5.39. The molecule has 0 saturated heterocycles. The smallest absolute Gasteiger partial charge is 0.138 e. The van der Waals surface area contributed by atoms with Crippen molar-refractivity contribution in [3.63, 3.8) is 0 Å². The molecule has 0 spiro atoms. The summed E-state index contributed by atoms with van der Waals surface area (Å²) in [5, 5.41) is 4.17. The van der Waals surface area contributed by atoms with Crippen LogP contribution in [-0.2, 0) is 0 Å². The van der Waals surface area contributed by atoms with Crippen molar-refractivity contribution in [3.05, 3.63) is 41.3 Å². The van der Waals surface area contributed by atoms with Crippen LogP contribution in [0.5, 0.6) is 5.75 Å². The van der Waals surface area contributed by atoms with Crippen molar-refractivity contribution < 1.29 is 4.74 Å². The van der Waals surface area contributed by atoms with E-state index in [0.29, 0.717) is 0 Å². The third-order valence-electron chi connectivity index (χ3n) is 2.37. The quantitative estimate of drug-likeness (QED) is 0.504. The summed E-state index contributed by atoms with van der Waals surface area (Å²) < 4.78 is 6.21. The summed E-state index contributed by atoms with van der Waals surface area (Å²) in [5.74, 6) is 0.876. The first kappa shape index (κ1) is 13.4. The van der Waals surface area contributed by atoms with Crippen molar-refractivity contribution >= 4 is 37.6 Å². The second-order valence-electron chi connectivity index (χ2n) is 3.52. The van der Waals surface area contributed by atoms with Gasteiger partial charge in [0, 0.05) is 11.9 Å². The van der Waals surface area contributed by atoms with Crippen LogP contribution in [0.1, 0.15) is 4.88 Å². The van der Waals surface area contributed by atoms with E-state index in [0.717, 1.165) is 14.3 Å². The highest BCUT2D eigenvalue weighted by Gasteiger charge is 2.07. The van der Waals surface area contributed by atoms with Gasteiger partial charge in [0.15, 0.2) is 0 Å². The Balaban J connectivity index is 2.31. The molecule has 2 aromatic rings. The molecule has 5 heteroatoms. The minimum absolute atomic E-state index is 0.876. The number of methoxy groups -OCH3 is 1. The maximum atomic E-state index is 5.24. The number of thiophene rings is 1. The summed E-state index contributed by atoms with van der Waals surface area (Å²) in [7, 11) is 3.48. The first-order valence-corrected chi connectivity index (χ1v) is 7.28. The molecule has 0 bridgehead atoms. The zero-order valence-corrected chi connectivity index (χ0v) is 13.1. The Morgan fingerprint density at radius 2 is 2.17 bits per heavy atom. The maximum Gasteiger partial charge on any atom is 0.138 e. The lowest BCUT2D eigenvalue weighted by atomic mass is 10.2. The molecule has 2 rings (SSSR count). The van der Waals surface area contributed by atoms with Crippen LogP contribution >= 0.6 is 33.9 Å². The van der Waals surface area contributed by atoms with Gasteiger partial charge in [-0.2, -0.15) is 5.10 Å². The summed E-state index contributed by atoms with van der Waals surface area (Å²) in [5.41, 5.74) is 3.97. The minimum Gasteiger partial charge on any atom is -0.497 e. The summed E-state index contributed by atoms with van der Waals surface area (Å²) in [4.78, 5) is 2.37. The molecule has 0 aliphatic carbocycles. The molecule has 94 valence electrons. The van der Waals surface area contributed by atoms with Crippen molar-refractivity contribution in [2.45, 2.75) is 0 Å². The summed E-state index contributed by atoms with van der Waals surface area (Å²) in [6.45, 7) is 0. The molecule has 1 heterocycles. The molecule has 1 N–H and O–H groups in total. The Labute approximate surface area is 124 Å². The Morgan fingerprint density at radius 1 is 1.33 bits per heavy atom. The number of ether oxygens (including phenoxy) is 1. The van der Waals surface area contributed by atoms with E-state index >= 15 is 0 Å². The summed E-state index contributed by atoms with van der Waals surface area (Å²) >= 11 is 3.95. The van der Waals surface area contributed by atoms with Gasteiger partial charge < -0.3 is 10.2 Å². The number of rotatable bonds is 4. The second-order valence-corrected chi connectivity index (χ2v) is 5.63. The number of hydrogen-bond acceptors (Lipinski definition) is 4. The highest BCUT2D eigenvalue weighted by Crippen LogP contribution is 2.31. The molecule has 0 atom stereocenters. The highest BCUT2D eigenvalue weighted by molar-refractivity contribution is 14.1. The molecule has 1 aromatic heterocycles. The molecule has 0 aliphatic heterocycles. The number of benzene rings is 1. The predicted octanol–water partition coefficient (Wildman–Crippen LogP) is 3.74. The van der Waals surface area contributed by atoms with Crippen LogP contribution in [0.3, 0.4) is 0 Å². The van der Waals surface area contributed by atoms with Gasteiger partial charge in [-0.3, -0.25) is 0 Å². The number of nitrogens with zero attached hydrogens (tertiary/aromatic N) is 1. The SMILES string of the molecule is CN/N=C(/I)c1ccc(-c2cccc(OC)c2)s1. The normalized spacial score (nSPS) is 11.4. The van der Waals surface area contributed by atoms with E-state index in [1.807, 2.05) is 18.2 Å². The van der Waals surface area contributed by atoms with Crippen LogP contribution in [-0.4, -0.2) is 17.9 Å². The molecule has 0 fully saturated rings. The average molecular weight is 372 g/mol. The summed E-state index contributed by atoms with van der Waals surface area (Å²) in [6.07, 6.45) is 0. The van der Waals surface area contributed by atoms with E-state index < -0.39 is 0 Å². The van der Waals surface area contributed by atoms with Crippen LogP contribution in [0.15, 0.2) is 41.5 Å². The van der Waals surface area contributed by atoms with Gasteiger partial charge >= 0.3 is 0 Å². The van der Waals surface area contributed by atoms with Gasteiger partial charge in [0.2, 0.25) is 0 Å². The van der Waals surface area contributed by atoms with Crippen LogP contribution in [0.2, 0.25) is 0 Å². The van der Waals surface area contributed by atoms with Crippen LogP contribution in [0, 0.1) is 0 Å². The van der Waals surface area contributed by atoms with Crippen molar-refractivity contribution in [2.75, 3.05) is 14.2 Å². The van der Waals surface area contributed by atoms with Gasteiger partial charge in [-0.05, 0) is 52.4 Å². The topological polar surface area (TPSA) is 33.6 Å². The minimum atomic E-state index is 0.876. The fraction of sp³-hybridized carbons (Fsp3) is 0.154. The molecule has 3 nitrogen and oxygen atoms in total. The van der Waals surface area contributed by atoms with E-state index in [1.54, 1.807) is 25.5 Å². The lowest BCUT2D eigenvalue weighted by molar-refractivity contribution is 0.415. The molecule has 0 aliphatic rings. The fourth-order valence-corrected chi connectivity index (χ4v) is 3.17. The van der Waals surface area contributed by atoms with Gasteiger partial charge in [0.05, 0.1) is 12.0 Å². The molecular formula is C13H13IN2OS. The third-order valence-corrected chi connectivity index (χ3v) is 4.70. The number of hydrogen-bond donors (Lipinski definition) is 1. The molecule has 0 amide bonds. The second kappa shape index (κ2) is 6.19. The Hall–Kier alpha value is -1.08. The van der Waals surface area contributed by atoms with Crippen LogP contribution < -0.4 is 10.2 Å². The van der Waals surface area contributed by atoms with Gasteiger partial charge in [0.25, 0.3) is 0 Å². The average Bonchev–Trinajstić information content (AvgIpc) is 2.89. The number of halogens is 1. The van der Waals surface area contributed by atoms with Crippen LogP contribution in [0.25, 0.3) is 10.4 Å². The van der Waals surface area contributed by atoms with Crippen molar-refractivity contribution in [1.29, 1.82) is 0 Å². The van der Waals surface area contributed by atoms with Crippen molar-refractivity contribution in [2.24, 2.45) is 5.10 Å². The summed E-state index contributed by atoms with van der Waals surface area (Å²) in [6, 6.07) is 12.3.